The lowest BCUT2D eigenvalue weighted by Crippen LogP contribution is -2.29. The van der Waals surface area contributed by atoms with Crippen molar-refractivity contribution in [2.45, 2.75) is 31.7 Å². The third-order valence-electron chi connectivity index (χ3n) is 4.45. The monoisotopic (exact) mass is 247 g/mol. The van der Waals surface area contributed by atoms with Crippen molar-refractivity contribution >= 4 is 0 Å². The summed E-state index contributed by atoms with van der Waals surface area (Å²) in [5.74, 6) is 0.936. The summed E-state index contributed by atoms with van der Waals surface area (Å²) in [6, 6.07) is 6.80. The van der Waals surface area contributed by atoms with Crippen LogP contribution in [0.4, 0.5) is 0 Å². The van der Waals surface area contributed by atoms with E-state index in [9.17, 15) is 5.11 Å². The van der Waals surface area contributed by atoms with Crippen molar-refractivity contribution in [2.24, 2.45) is 5.41 Å². The highest BCUT2D eigenvalue weighted by Gasteiger charge is 2.42. The van der Waals surface area contributed by atoms with E-state index in [1.54, 1.807) is 7.11 Å². The van der Waals surface area contributed by atoms with Crippen molar-refractivity contribution in [3.63, 3.8) is 0 Å². The predicted octanol–water partition coefficient (Wildman–Crippen LogP) is 2.04. The molecule has 3 heteroatoms. The van der Waals surface area contributed by atoms with E-state index in [-0.39, 0.29) is 5.41 Å². The molecule has 1 fully saturated rings. The van der Waals surface area contributed by atoms with E-state index >= 15 is 0 Å². The number of methoxy groups -OCH3 is 1. The van der Waals surface area contributed by atoms with Crippen LogP contribution in [0.15, 0.2) is 18.2 Å². The number of benzene rings is 1. The molecule has 98 valence electrons. The fourth-order valence-electron chi connectivity index (χ4n) is 2.83. The van der Waals surface area contributed by atoms with Crippen LogP contribution in [0.2, 0.25) is 0 Å². The smallest absolute Gasteiger partial charge is 0.119 e. The van der Waals surface area contributed by atoms with Gasteiger partial charge in [0.15, 0.2) is 0 Å². The van der Waals surface area contributed by atoms with E-state index in [4.69, 9.17) is 4.74 Å². The van der Waals surface area contributed by atoms with E-state index in [1.807, 2.05) is 6.07 Å². The quantitative estimate of drug-likeness (QED) is 0.836. The van der Waals surface area contributed by atoms with Gasteiger partial charge in [0.25, 0.3) is 0 Å². The normalized spacial score (nSPS) is 23.8. The molecule has 2 N–H and O–H groups in total. The van der Waals surface area contributed by atoms with Gasteiger partial charge in [-0.3, -0.25) is 0 Å². The molecule has 1 saturated carbocycles. The Balaban J connectivity index is 1.69. The lowest BCUT2D eigenvalue weighted by atomic mass is 10.1. The molecule has 0 amide bonds. The first kappa shape index (κ1) is 12.0. The van der Waals surface area contributed by atoms with E-state index in [1.165, 1.54) is 11.1 Å². The van der Waals surface area contributed by atoms with Crippen LogP contribution in [-0.4, -0.2) is 25.4 Å². The average Bonchev–Trinajstić information content (AvgIpc) is 3.10. The molecule has 1 aromatic rings. The summed E-state index contributed by atoms with van der Waals surface area (Å²) < 4.78 is 5.30. The van der Waals surface area contributed by atoms with Gasteiger partial charge in [0.05, 0.1) is 7.11 Å². The molecule has 1 aromatic carbocycles. The van der Waals surface area contributed by atoms with Gasteiger partial charge in [-0.2, -0.15) is 0 Å². The second-order valence-electron chi connectivity index (χ2n) is 5.70. The molecule has 0 spiro atoms. The maximum absolute atomic E-state index is 9.35. The largest absolute Gasteiger partial charge is 0.497 e. The van der Waals surface area contributed by atoms with Gasteiger partial charge in [-0.25, -0.2) is 0 Å². The van der Waals surface area contributed by atoms with Crippen molar-refractivity contribution in [1.82, 2.24) is 5.32 Å². The molecule has 0 bridgehead atoms. The van der Waals surface area contributed by atoms with Gasteiger partial charge in [-0.1, -0.05) is 6.07 Å². The zero-order valence-electron chi connectivity index (χ0n) is 10.9. The number of fused-ring (bicyclic) bond motifs is 1. The summed E-state index contributed by atoms with van der Waals surface area (Å²) in [5, 5.41) is 13.0. The molecule has 1 atom stereocenters. The van der Waals surface area contributed by atoms with Gasteiger partial charge in [0.2, 0.25) is 0 Å². The first-order chi connectivity index (χ1) is 8.76. The zero-order valence-corrected chi connectivity index (χ0v) is 10.9. The van der Waals surface area contributed by atoms with Crippen LogP contribution in [0.1, 0.15) is 36.4 Å². The molecule has 18 heavy (non-hydrogen) atoms. The van der Waals surface area contributed by atoms with Gasteiger partial charge < -0.3 is 15.2 Å². The third-order valence-corrected chi connectivity index (χ3v) is 4.45. The number of rotatable bonds is 5. The maximum Gasteiger partial charge on any atom is 0.119 e. The molecule has 1 unspecified atom stereocenters. The Morgan fingerprint density at radius 3 is 2.94 bits per heavy atom. The van der Waals surface area contributed by atoms with Crippen molar-refractivity contribution in [1.29, 1.82) is 0 Å². The first-order valence-corrected chi connectivity index (χ1v) is 6.77. The minimum atomic E-state index is 0.182. The molecule has 2 aliphatic carbocycles. The number of ether oxygens (including phenoxy) is 1. The molecule has 3 nitrogen and oxygen atoms in total. The standard InChI is InChI=1S/C15H21NO2/c1-18-12-4-2-11-3-5-14(13(11)8-12)16-9-15(10-17)6-7-15/h2,4,8,14,16-17H,3,5-7,9-10H2,1H3. The summed E-state index contributed by atoms with van der Waals surface area (Å²) >= 11 is 0. The van der Waals surface area contributed by atoms with Crippen molar-refractivity contribution in [3.05, 3.63) is 29.3 Å². The molecule has 3 rings (SSSR count). The average molecular weight is 247 g/mol. The molecule has 0 saturated heterocycles. The number of nitrogens with one attached hydrogen (secondary N) is 1. The van der Waals surface area contributed by atoms with E-state index in [0.717, 1.165) is 38.0 Å². The minimum absolute atomic E-state index is 0.182. The van der Waals surface area contributed by atoms with Crippen LogP contribution < -0.4 is 10.1 Å². The number of aliphatic hydroxyl groups is 1. The highest BCUT2D eigenvalue weighted by atomic mass is 16.5. The van der Waals surface area contributed by atoms with Crippen molar-refractivity contribution in [3.8, 4) is 5.75 Å². The molecular weight excluding hydrogens is 226 g/mol. The molecule has 2 aliphatic rings. The number of aryl methyl sites for hydroxylation is 1. The Labute approximate surface area is 108 Å². The summed E-state index contributed by atoms with van der Waals surface area (Å²) in [7, 11) is 1.71. The van der Waals surface area contributed by atoms with Crippen LogP contribution in [0, 0.1) is 5.41 Å². The lowest BCUT2D eigenvalue weighted by Gasteiger charge is -2.19. The summed E-state index contributed by atoms with van der Waals surface area (Å²) in [5.41, 5.74) is 2.99. The first-order valence-electron chi connectivity index (χ1n) is 6.77. The summed E-state index contributed by atoms with van der Waals surface area (Å²) in [6.45, 7) is 1.25. The van der Waals surface area contributed by atoms with Crippen LogP contribution in [-0.2, 0) is 6.42 Å². The fraction of sp³-hybridized carbons (Fsp3) is 0.600. The van der Waals surface area contributed by atoms with E-state index in [0.29, 0.717) is 12.6 Å². The van der Waals surface area contributed by atoms with Crippen molar-refractivity contribution < 1.29 is 9.84 Å². The Bertz CT molecular complexity index is 440. The minimum Gasteiger partial charge on any atom is -0.497 e. The van der Waals surface area contributed by atoms with Gasteiger partial charge in [-0.15, -0.1) is 0 Å². The highest BCUT2D eigenvalue weighted by Crippen LogP contribution is 2.45. The second-order valence-corrected chi connectivity index (χ2v) is 5.70. The fourth-order valence-corrected chi connectivity index (χ4v) is 2.83. The van der Waals surface area contributed by atoms with Crippen LogP contribution in [0.3, 0.4) is 0 Å². The van der Waals surface area contributed by atoms with E-state index < -0.39 is 0 Å². The van der Waals surface area contributed by atoms with Crippen LogP contribution in [0.25, 0.3) is 0 Å². The molecular formula is C15H21NO2. The molecule has 0 aliphatic heterocycles. The SMILES string of the molecule is COc1ccc2c(c1)C(NCC1(CO)CC1)CC2. The Morgan fingerprint density at radius 1 is 1.44 bits per heavy atom. The molecule has 0 heterocycles. The Hall–Kier alpha value is -1.06. The van der Waals surface area contributed by atoms with Crippen molar-refractivity contribution in [2.75, 3.05) is 20.3 Å². The molecule has 0 radical (unpaired) electrons. The highest BCUT2D eigenvalue weighted by molar-refractivity contribution is 5.40. The van der Waals surface area contributed by atoms with Gasteiger partial charge >= 0.3 is 0 Å². The Morgan fingerprint density at radius 2 is 2.28 bits per heavy atom. The second kappa shape index (κ2) is 4.56. The van der Waals surface area contributed by atoms with Gasteiger partial charge in [0.1, 0.15) is 5.75 Å². The number of hydrogen-bond donors (Lipinski definition) is 2. The third kappa shape index (κ3) is 2.13. The van der Waals surface area contributed by atoms with Gasteiger partial charge in [0, 0.05) is 24.6 Å². The Kier molecular flexibility index (Phi) is 3.04. The lowest BCUT2D eigenvalue weighted by molar-refractivity contribution is 0.204. The van der Waals surface area contributed by atoms with E-state index in [2.05, 4.69) is 17.4 Å². The topological polar surface area (TPSA) is 41.5 Å². The number of hydrogen-bond acceptors (Lipinski definition) is 3. The summed E-state index contributed by atoms with van der Waals surface area (Å²) in [6.07, 6.45) is 4.62. The maximum atomic E-state index is 9.35. The zero-order chi connectivity index (χ0) is 12.6. The number of aliphatic hydroxyl groups excluding tert-OH is 1. The molecule has 0 aromatic heterocycles. The predicted molar refractivity (Wildman–Crippen MR) is 70.8 cm³/mol. The summed E-state index contributed by atoms with van der Waals surface area (Å²) in [4.78, 5) is 0. The van der Waals surface area contributed by atoms with Gasteiger partial charge in [-0.05, 0) is 48.9 Å². The van der Waals surface area contributed by atoms with Crippen LogP contribution >= 0.6 is 0 Å². The van der Waals surface area contributed by atoms with Crippen LogP contribution in [0.5, 0.6) is 5.75 Å².